The summed E-state index contributed by atoms with van der Waals surface area (Å²) in [6.07, 6.45) is 2.36. The zero-order valence-corrected chi connectivity index (χ0v) is 10.4. The molecule has 0 radical (unpaired) electrons. The summed E-state index contributed by atoms with van der Waals surface area (Å²) in [6.45, 7) is 3.39. The van der Waals surface area contributed by atoms with Gasteiger partial charge in [0.1, 0.15) is 0 Å². The molecule has 0 saturated carbocycles. The first-order valence-corrected chi connectivity index (χ1v) is 5.89. The van der Waals surface area contributed by atoms with E-state index in [1.54, 1.807) is 6.08 Å². The van der Waals surface area contributed by atoms with Crippen molar-refractivity contribution >= 4 is 23.3 Å². The van der Waals surface area contributed by atoms with E-state index in [9.17, 15) is 4.79 Å². The van der Waals surface area contributed by atoms with E-state index in [1.807, 2.05) is 25.1 Å². The number of aliphatic carboxylic acids is 1. The maximum atomic E-state index is 10.8. The van der Waals surface area contributed by atoms with Crippen LogP contribution in [0, 0.1) is 6.92 Å². The zero-order valence-electron chi connectivity index (χ0n) is 9.61. The molecule has 4 heteroatoms. The van der Waals surface area contributed by atoms with Gasteiger partial charge in [0.05, 0.1) is 0 Å². The highest BCUT2D eigenvalue weighted by molar-refractivity contribution is 6.30. The lowest BCUT2D eigenvalue weighted by Crippen LogP contribution is -2.30. The molecule has 0 bridgehead atoms. The van der Waals surface area contributed by atoms with Gasteiger partial charge in [-0.2, -0.15) is 0 Å². The van der Waals surface area contributed by atoms with Gasteiger partial charge in [-0.1, -0.05) is 17.7 Å². The molecule has 1 aromatic rings. The summed E-state index contributed by atoms with van der Waals surface area (Å²) >= 11 is 5.91. The third-order valence-electron chi connectivity index (χ3n) is 2.98. The molecule has 1 aliphatic heterocycles. The van der Waals surface area contributed by atoms with Crippen molar-refractivity contribution in [3.63, 3.8) is 0 Å². The molecule has 90 valence electrons. The summed E-state index contributed by atoms with van der Waals surface area (Å²) in [4.78, 5) is 13.0. The second kappa shape index (κ2) is 4.80. The molecule has 0 atom stereocenters. The van der Waals surface area contributed by atoms with E-state index in [1.165, 1.54) is 0 Å². The SMILES string of the molecule is Cc1cc(Cl)ccc1N1CC=C(C(=O)O)CC1. The van der Waals surface area contributed by atoms with Gasteiger partial charge in [0.15, 0.2) is 0 Å². The highest BCUT2D eigenvalue weighted by atomic mass is 35.5. The van der Waals surface area contributed by atoms with Gasteiger partial charge in [0.25, 0.3) is 0 Å². The van der Waals surface area contributed by atoms with Gasteiger partial charge in [0, 0.05) is 29.4 Å². The molecule has 0 saturated heterocycles. The molecule has 1 aromatic carbocycles. The number of aryl methyl sites for hydroxylation is 1. The first-order chi connectivity index (χ1) is 8.08. The average molecular weight is 252 g/mol. The van der Waals surface area contributed by atoms with E-state index in [4.69, 9.17) is 16.7 Å². The lowest BCUT2D eigenvalue weighted by Gasteiger charge is -2.28. The zero-order chi connectivity index (χ0) is 12.4. The van der Waals surface area contributed by atoms with E-state index in [0.717, 1.165) is 22.8 Å². The van der Waals surface area contributed by atoms with Gasteiger partial charge in [-0.25, -0.2) is 4.79 Å². The summed E-state index contributed by atoms with van der Waals surface area (Å²) in [5.74, 6) is -0.808. The monoisotopic (exact) mass is 251 g/mol. The highest BCUT2D eigenvalue weighted by Crippen LogP contribution is 2.26. The number of carboxylic acids is 1. The van der Waals surface area contributed by atoms with Crippen molar-refractivity contribution in [2.24, 2.45) is 0 Å². The first kappa shape index (κ1) is 12.0. The minimum atomic E-state index is -0.808. The largest absolute Gasteiger partial charge is 0.478 e. The van der Waals surface area contributed by atoms with Crippen LogP contribution in [0.1, 0.15) is 12.0 Å². The van der Waals surface area contributed by atoms with Crippen LogP contribution < -0.4 is 4.90 Å². The van der Waals surface area contributed by atoms with Crippen molar-refractivity contribution in [3.8, 4) is 0 Å². The smallest absolute Gasteiger partial charge is 0.331 e. The van der Waals surface area contributed by atoms with Crippen LogP contribution in [-0.4, -0.2) is 24.2 Å². The van der Waals surface area contributed by atoms with Crippen LogP contribution in [0.4, 0.5) is 5.69 Å². The van der Waals surface area contributed by atoms with Gasteiger partial charge in [-0.3, -0.25) is 0 Å². The third-order valence-corrected chi connectivity index (χ3v) is 3.22. The number of benzene rings is 1. The molecule has 3 nitrogen and oxygen atoms in total. The van der Waals surface area contributed by atoms with Crippen molar-refractivity contribution in [1.29, 1.82) is 0 Å². The van der Waals surface area contributed by atoms with Crippen LogP contribution in [0.2, 0.25) is 5.02 Å². The summed E-state index contributed by atoms with van der Waals surface area (Å²) < 4.78 is 0. The Balaban J connectivity index is 2.18. The lowest BCUT2D eigenvalue weighted by molar-refractivity contribution is -0.132. The van der Waals surface area contributed by atoms with Gasteiger partial charge < -0.3 is 10.0 Å². The number of halogens is 1. The molecule has 0 fully saturated rings. The van der Waals surface area contributed by atoms with Crippen LogP contribution in [0.25, 0.3) is 0 Å². The molecule has 0 unspecified atom stereocenters. The summed E-state index contributed by atoms with van der Waals surface area (Å²) in [6, 6.07) is 5.77. The Morgan fingerprint density at radius 1 is 1.47 bits per heavy atom. The minimum Gasteiger partial charge on any atom is -0.478 e. The Morgan fingerprint density at radius 3 is 2.76 bits per heavy atom. The molecule has 1 aliphatic rings. The Morgan fingerprint density at radius 2 is 2.24 bits per heavy atom. The molecular formula is C13H14ClNO2. The predicted octanol–water partition coefficient (Wildman–Crippen LogP) is 2.87. The average Bonchev–Trinajstić information content (AvgIpc) is 2.29. The number of hydrogen-bond acceptors (Lipinski definition) is 2. The van der Waals surface area contributed by atoms with Gasteiger partial charge >= 0.3 is 5.97 Å². The second-order valence-electron chi connectivity index (χ2n) is 4.16. The molecule has 0 aliphatic carbocycles. The van der Waals surface area contributed by atoms with Crippen LogP contribution in [0.15, 0.2) is 29.8 Å². The fraction of sp³-hybridized carbons (Fsp3) is 0.308. The Hall–Kier alpha value is -1.48. The molecule has 2 rings (SSSR count). The fourth-order valence-corrected chi connectivity index (χ4v) is 2.28. The van der Waals surface area contributed by atoms with E-state index in [2.05, 4.69) is 4.90 Å². The normalized spacial score (nSPS) is 15.6. The minimum absolute atomic E-state index is 0.507. The van der Waals surface area contributed by atoms with Crippen molar-refractivity contribution in [3.05, 3.63) is 40.4 Å². The molecule has 0 spiro atoms. The van der Waals surface area contributed by atoms with Gasteiger partial charge in [-0.15, -0.1) is 0 Å². The molecular weight excluding hydrogens is 238 g/mol. The first-order valence-electron chi connectivity index (χ1n) is 5.51. The van der Waals surface area contributed by atoms with Crippen LogP contribution in [0.3, 0.4) is 0 Å². The van der Waals surface area contributed by atoms with Crippen molar-refractivity contribution in [2.45, 2.75) is 13.3 Å². The molecule has 1 N–H and O–H groups in total. The van der Waals surface area contributed by atoms with Gasteiger partial charge in [-0.05, 0) is 37.1 Å². The summed E-state index contributed by atoms with van der Waals surface area (Å²) in [7, 11) is 0. The Labute approximate surface area is 105 Å². The van der Waals surface area contributed by atoms with Gasteiger partial charge in [0.2, 0.25) is 0 Å². The molecule has 0 aromatic heterocycles. The maximum absolute atomic E-state index is 10.8. The predicted molar refractivity (Wildman–Crippen MR) is 68.7 cm³/mol. The summed E-state index contributed by atoms with van der Waals surface area (Å²) in [5.41, 5.74) is 2.74. The number of carboxylic acid groups (broad SMARTS) is 1. The Bertz CT molecular complexity index is 482. The maximum Gasteiger partial charge on any atom is 0.331 e. The second-order valence-corrected chi connectivity index (χ2v) is 4.60. The van der Waals surface area contributed by atoms with E-state index >= 15 is 0 Å². The number of rotatable bonds is 2. The van der Waals surface area contributed by atoms with Crippen molar-refractivity contribution < 1.29 is 9.90 Å². The van der Waals surface area contributed by atoms with E-state index in [0.29, 0.717) is 18.5 Å². The quantitative estimate of drug-likeness (QED) is 0.879. The highest BCUT2D eigenvalue weighted by Gasteiger charge is 2.17. The summed E-state index contributed by atoms with van der Waals surface area (Å²) in [5, 5.41) is 9.61. The fourth-order valence-electron chi connectivity index (χ4n) is 2.06. The van der Waals surface area contributed by atoms with Crippen LogP contribution >= 0.6 is 11.6 Å². The number of carbonyl (C=O) groups is 1. The van der Waals surface area contributed by atoms with E-state index < -0.39 is 5.97 Å². The Kier molecular flexibility index (Phi) is 3.38. The number of anilines is 1. The standard InChI is InChI=1S/C13H14ClNO2/c1-9-8-11(14)2-3-12(9)15-6-4-10(5-7-15)13(16)17/h2-4,8H,5-7H2,1H3,(H,16,17). The van der Waals surface area contributed by atoms with Crippen LogP contribution in [0.5, 0.6) is 0 Å². The topological polar surface area (TPSA) is 40.5 Å². The third kappa shape index (κ3) is 2.61. The molecule has 1 heterocycles. The van der Waals surface area contributed by atoms with E-state index in [-0.39, 0.29) is 0 Å². The van der Waals surface area contributed by atoms with Crippen LogP contribution in [-0.2, 0) is 4.79 Å². The molecule has 0 amide bonds. The number of nitrogens with zero attached hydrogens (tertiary/aromatic N) is 1. The number of hydrogen-bond donors (Lipinski definition) is 1. The molecule has 17 heavy (non-hydrogen) atoms. The van der Waals surface area contributed by atoms with Crippen molar-refractivity contribution in [2.75, 3.05) is 18.0 Å². The van der Waals surface area contributed by atoms with Crippen molar-refractivity contribution in [1.82, 2.24) is 0 Å². The lowest BCUT2D eigenvalue weighted by atomic mass is 10.1.